The zero-order valence-corrected chi connectivity index (χ0v) is 18.4. The number of carbonyl (C=O) groups excluding carboxylic acids is 1. The van der Waals surface area contributed by atoms with Crippen LogP contribution < -0.4 is 25.4 Å². The second-order valence-electron chi connectivity index (χ2n) is 6.76. The number of amides is 1. The van der Waals surface area contributed by atoms with Crippen molar-refractivity contribution >= 4 is 29.0 Å². The minimum absolute atomic E-state index is 0.0964. The third-order valence-electron chi connectivity index (χ3n) is 4.55. The highest BCUT2D eigenvalue weighted by Gasteiger charge is 2.20. The Hall–Kier alpha value is -4.81. The summed E-state index contributed by atoms with van der Waals surface area (Å²) in [7, 11) is 4.70. The molecule has 0 atom stereocenters. The lowest BCUT2D eigenvalue weighted by Crippen LogP contribution is -2.21. The summed E-state index contributed by atoms with van der Waals surface area (Å²) >= 11 is 0. The molecule has 34 heavy (non-hydrogen) atoms. The summed E-state index contributed by atoms with van der Waals surface area (Å²) in [6.07, 6.45) is 4.58. The molecule has 0 radical (unpaired) electrons. The van der Waals surface area contributed by atoms with Crippen LogP contribution in [0.15, 0.2) is 43.0 Å². The topological polar surface area (TPSA) is 154 Å². The molecule has 0 saturated heterocycles. The number of hydrogen-bond acceptors (Lipinski definition) is 11. The molecule has 174 valence electrons. The van der Waals surface area contributed by atoms with Crippen molar-refractivity contribution in [3.05, 3.63) is 48.7 Å². The SMILES string of the molecule is [2H]C([2H])([2H])NC(=O)c1nnc(Nc2cc(OC)ccn2)cc1Nc1nccc(-c2ncn(C)n2)c1OC. The molecule has 4 aromatic heterocycles. The van der Waals surface area contributed by atoms with Gasteiger partial charge in [0.05, 0.1) is 25.5 Å². The number of rotatable bonds is 8. The van der Waals surface area contributed by atoms with E-state index in [4.69, 9.17) is 13.6 Å². The summed E-state index contributed by atoms with van der Waals surface area (Å²) < 4.78 is 34.4. The van der Waals surface area contributed by atoms with Gasteiger partial charge >= 0.3 is 0 Å². The zero-order valence-electron chi connectivity index (χ0n) is 21.4. The van der Waals surface area contributed by atoms with Crippen LogP contribution in [0.5, 0.6) is 11.5 Å². The summed E-state index contributed by atoms with van der Waals surface area (Å²) in [5, 5.41) is 20.1. The van der Waals surface area contributed by atoms with Crippen LogP contribution in [-0.4, -0.2) is 62.0 Å². The molecule has 4 aromatic rings. The molecular formula is C21H22N10O3. The third-order valence-corrected chi connectivity index (χ3v) is 4.55. The first-order valence-electron chi connectivity index (χ1n) is 11.3. The Morgan fingerprint density at radius 2 is 1.88 bits per heavy atom. The number of aromatic nitrogens is 7. The molecule has 0 saturated carbocycles. The van der Waals surface area contributed by atoms with E-state index in [-0.39, 0.29) is 28.8 Å². The van der Waals surface area contributed by atoms with Crippen LogP contribution >= 0.6 is 0 Å². The van der Waals surface area contributed by atoms with Crippen molar-refractivity contribution < 1.29 is 18.4 Å². The average Bonchev–Trinajstić information content (AvgIpc) is 3.29. The van der Waals surface area contributed by atoms with E-state index in [1.165, 1.54) is 43.7 Å². The Morgan fingerprint density at radius 1 is 1.03 bits per heavy atom. The van der Waals surface area contributed by atoms with E-state index in [0.29, 0.717) is 23.0 Å². The van der Waals surface area contributed by atoms with E-state index in [9.17, 15) is 4.79 Å². The van der Waals surface area contributed by atoms with E-state index in [0.717, 1.165) is 0 Å². The van der Waals surface area contributed by atoms with Crippen molar-refractivity contribution in [1.82, 2.24) is 40.2 Å². The van der Waals surface area contributed by atoms with Crippen LogP contribution in [0.4, 0.5) is 23.1 Å². The van der Waals surface area contributed by atoms with Gasteiger partial charge in [-0.1, -0.05) is 0 Å². The molecule has 4 rings (SSSR count). The molecule has 0 aliphatic carbocycles. The van der Waals surface area contributed by atoms with Crippen molar-refractivity contribution in [2.45, 2.75) is 0 Å². The molecule has 0 spiro atoms. The first-order chi connectivity index (χ1) is 17.7. The predicted molar refractivity (Wildman–Crippen MR) is 124 cm³/mol. The Morgan fingerprint density at radius 3 is 2.62 bits per heavy atom. The van der Waals surface area contributed by atoms with Crippen molar-refractivity contribution in [2.75, 3.05) is 31.8 Å². The number of anilines is 4. The second-order valence-corrected chi connectivity index (χ2v) is 6.76. The number of pyridine rings is 2. The van der Waals surface area contributed by atoms with Crippen LogP contribution in [0.2, 0.25) is 0 Å². The largest absolute Gasteiger partial charge is 0.497 e. The molecule has 0 aromatic carbocycles. The van der Waals surface area contributed by atoms with Gasteiger partial charge in [-0.05, 0) is 12.1 Å². The first-order valence-corrected chi connectivity index (χ1v) is 9.80. The number of aryl methyl sites for hydroxylation is 1. The maximum atomic E-state index is 12.7. The van der Waals surface area contributed by atoms with Crippen LogP contribution in [0.1, 0.15) is 14.6 Å². The van der Waals surface area contributed by atoms with Gasteiger partial charge in [0.15, 0.2) is 28.9 Å². The predicted octanol–water partition coefficient (Wildman–Crippen LogP) is 1.93. The van der Waals surface area contributed by atoms with Crippen LogP contribution in [0, 0.1) is 0 Å². The minimum atomic E-state index is -2.74. The molecule has 13 nitrogen and oxygen atoms in total. The normalized spacial score (nSPS) is 12.1. The maximum absolute atomic E-state index is 12.7. The van der Waals surface area contributed by atoms with Gasteiger partial charge in [-0.3, -0.25) is 9.48 Å². The van der Waals surface area contributed by atoms with Gasteiger partial charge in [0.25, 0.3) is 5.91 Å². The van der Waals surface area contributed by atoms with E-state index >= 15 is 0 Å². The number of ether oxygens (including phenoxy) is 2. The molecule has 0 aliphatic rings. The molecular weight excluding hydrogens is 440 g/mol. The fourth-order valence-corrected chi connectivity index (χ4v) is 3.02. The lowest BCUT2D eigenvalue weighted by molar-refractivity contribution is 0.0958. The Labute approximate surface area is 198 Å². The number of methoxy groups -OCH3 is 2. The molecule has 0 bridgehead atoms. The van der Waals surface area contributed by atoms with Crippen molar-refractivity contribution in [3.63, 3.8) is 0 Å². The van der Waals surface area contributed by atoms with E-state index in [1.807, 2.05) is 5.32 Å². The lowest BCUT2D eigenvalue weighted by Gasteiger charge is -2.15. The third kappa shape index (κ3) is 4.67. The molecule has 0 fully saturated rings. The van der Waals surface area contributed by atoms with E-state index in [2.05, 4.69) is 40.9 Å². The molecule has 0 aliphatic heterocycles. The highest BCUT2D eigenvalue weighted by molar-refractivity contribution is 5.98. The molecule has 4 heterocycles. The summed E-state index contributed by atoms with van der Waals surface area (Å²) in [5.74, 6) is 1.08. The van der Waals surface area contributed by atoms with Gasteiger partial charge in [-0.2, -0.15) is 5.10 Å². The highest BCUT2D eigenvalue weighted by atomic mass is 16.5. The lowest BCUT2D eigenvalue weighted by atomic mass is 10.2. The summed E-state index contributed by atoms with van der Waals surface area (Å²) in [4.78, 5) is 25.5. The van der Waals surface area contributed by atoms with Crippen LogP contribution in [0.3, 0.4) is 0 Å². The summed E-state index contributed by atoms with van der Waals surface area (Å²) in [6.45, 7) is -2.74. The van der Waals surface area contributed by atoms with E-state index in [1.54, 1.807) is 25.2 Å². The quantitative estimate of drug-likeness (QED) is 0.350. The van der Waals surface area contributed by atoms with Crippen molar-refractivity contribution in [2.24, 2.45) is 7.05 Å². The number of nitrogens with zero attached hydrogens (tertiary/aromatic N) is 7. The van der Waals surface area contributed by atoms with Gasteiger partial charge in [-0.25, -0.2) is 15.0 Å². The average molecular weight is 465 g/mol. The highest BCUT2D eigenvalue weighted by Crippen LogP contribution is 2.35. The zero-order chi connectivity index (χ0) is 26.6. The standard InChI is InChI=1S/C21H22N10O3/c1-22-21(32)17-14(10-16(28-29-17)27-15-9-12(33-3)5-7-23-15)26-20-18(34-4)13(6-8-24-20)19-25-11-31(2)30-19/h5-11H,1-4H3,(H,22,32)(H2,23,24,26,27,28)/i1D3. The molecule has 0 unspecified atom stereocenters. The van der Waals surface area contributed by atoms with E-state index < -0.39 is 12.9 Å². The van der Waals surface area contributed by atoms with Gasteiger partial charge in [-0.15, -0.1) is 10.2 Å². The van der Waals surface area contributed by atoms with Crippen molar-refractivity contribution in [1.29, 1.82) is 0 Å². The van der Waals surface area contributed by atoms with Crippen molar-refractivity contribution in [3.8, 4) is 22.9 Å². The number of hydrogen-bond donors (Lipinski definition) is 3. The fraction of sp³-hybridized carbons (Fsp3) is 0.190. The second kappa shape index (κ2) is 9.77. The van der Waals surface area contributed by atoms with Crippen LogP contribution in [-0.2, 0) is 7.05 Å². The van der Waals surface area contributed by atoms with Gasteiger partial charge < -0.3 is 25.4 Å². The van der Waals surface area contributed by atoms with Gasteiger partial charge in [0.1, 0.15) is 17.9 Å². The summed E-state index contributed by atoms with van der Waals surface area (Å²) in [6, 6.07) is 6.44. The summed E-state index contributed by atoms with van der Waals surface area (Å²) in [5.41, 5.74) is 0.347. The first kappa shape index (κ1) is 18.7. The fourth-order valence-electron chi connectivity index (χ4n) is 3.02. The Balaban J connectivity index is 1.75. The Kier molecular flexibility index (Phi) is 5.38. The van der Waals surface area contributed by atoms with Gasteiger partial charge in [0.2, 0.25) is 0 Å². The molecule has 1 amide bonds. The number of carbonyl (C=O) groups is 1. The molecule has 3 N–H and O–H groups in total. The Bertz CT molecular complexity index is 1430. The maximum Gasteiger partial charge on any atom is 0.273 e. The number of nitrogens with one attached hydrogen (secondary N) is 3. The monoisotopic (exact) mass is 465 g/mol. The smallest absolute Gasteiger partial charge is 0.273 e. The molecule has 13 heteroatoms. The minimum Gasteiger partial charge on any atom is -0.497 e. The van der Waals surface area contributed by atoms with Crippen LogP contribution in [0.25, 0.3) is 11.4 Å². The van der Waals surface area contributed by atoms with Gasteiger partial charge in [0, 0.05) is 42.7 Å².